The summed E-state index contributed by atoms with van der Waals surface area (Å²) < 4.78 is 1.81. The molecule has 33 heavy (non-hydrogen) atoms. The first-order chi connectivity index (χ1) is 16.0. The molecule has 4 aromatic rings. The van der Waals surface area contributed by atoms with Crippen LogP contribution in [0.2, 0.25) is 5.02 Å². The van der Waals surface area contributed by atoms with Crippen LogP contribution in [-0.4, -0.2) is 45.2 Å². The zero-order valence-corrected chi connectivity index (χ0v) is 19.7. The lowest BCUT2D eigenvalue weighted by Gasteiger charge is -2.26. The molecule has 2 aromatic heterocycles. The number of aromatic nitrogens is 2. The van der Waals surface area contributed by atoms with Gasteiger partial charge in [0.25, 0.3) is 11.8 Å². The Balaban J connectivity index is 1.35. The molecule has 1 atom stereocenters. The Bertz CT molecular complexity index is 1350. The highest BCUT2D eigenvalue weighted by molar-refractivity contribution is 7.15. The van der Waals surface area contributed by atoms with E-state index in [0.29, 0.717) is 35.1 Å². The molecule has 1 aliphatic heterocycles. The highest BCUT2D eigenvalue weighted by Gasteiger charge is 2.31. The molecule has 1 aliphatic rings. The minimum atomic E-state index is -0.172. The van der Waals surface area contributed by atoms with E-state index in [-0.39, 0.29) is 17.9 Å². The predicted molar refractivity (Wildman–Crippen MR) is 131 cm³/mol. The van der Waals surface area contributed by atoms with Gasteiger partial charge in [-0.3, -0.25) is 14.0 Å². The van der Waals surface area contributed by atoms with Gasteiger partial charge < -0.3 is 10.2 Å². The van der Waals surface area contributed by atoms with Gasteiger partial charge in [-0.25, -0.2) is 4.98 Å². The van der Waals surface area contributed by atoms with Crippen LogP contribution in [0.15, 0.2) is 60.1 Å². The largest absolute Gasteiger partial charge is 0.349 e. The Morgan fingerprint density at radius 1 is 1.15 bits per heavy atom. The van der Waals surface area contributed by atoms with Crippen molar-refractivity contribution in [2.75, 3.05) is 13.1 Å². The van der Waals surface area contributed by atoms with E-state index in [4.69, 9.17) is 11.6 Å². The van der Waals surface area contributed by atoms with Gasteiger partial charge in [0.2, 0.25) is 0 Å². The van der Waals surface area contributed by atoms with E-state index in [9.17, 15) is 9.59 Å². The molecule has 1 saturated heterocycles. The summed E-state index contributed by atoms with van der Waals surface area (Å²) in [6.45, 7) is 2.90. The number of imidazole rings is 1. The van der Waals surface area contributed by atoms with Gasteiger partial charge in [-0.1, -0.05) is 48.0 Å². The van der Waals surface area contributed by atoms with Crippen LogP contribution in [0, 0.1) is 6.92 Å². The fraction of sp³-hybridized carbons (Fsp3) is 0.240. The number of halogens is 1. The molecule has 5 rings (SSSR count). The molecule has 8 heteroatoms. The molecule has 0 bridgehead atoms. The number of carbonyl (C=O) groups excluding carboxylic acids is 2. The molecule has 0 radical (unpaired) electrons. The maximum atomic E-state index is 13.6. The summed E-state index contributed by atoms with van der Waals surface area (Å²) in [5, 5.41) is 5.55. The van der Waals surface area contributed by atoms with E-state index in [1.54, 1.807) is 0 Å². The zero-order chi connectivity index (χ0) is 22.9. The van der Waals surface area contributed by atoms with Gasteiger partial charge in [-0.15, -0.1) is 11.3 Å². The number of rotatable bonds is 5. The van der Waals surface area contributed by atoms with Gasteiger partial charge in [0.15, 0.2) is 4.96 Å². The molecule has 1 N–H and O–H groups in total. The van der Waals surface area contributed by atoms with Crippen molar-refractivity contribution in [1.82, 2.24) is 19.6 Å². The third kappa shape index (κ3) is 4.03. The quantitative estimate of drug-likeness (QED) is 0.436. The molecule has 2 amide bonds. The number of benzene rings is 2. The first-order valence-corrected chi connectivity index (χ1v) is 12.2. The lowest BCUT2D eigenvalue weighted by molar-refractivity contribution is 0.0725. The highest BCUT2D eigenvalue weighted by atomic mass is 35.5. The number of amides is 2. The van der Waals surface area contributed by atoms with E-state index in [1.807, 2.05) is 76.3 Å². The number of fused-ring (bicyclic) bond motifs is 1. The van der Waals surface area contributed by atoms with E-state index >= 15 is 0 Å². The molecule has 0 aliphatic carbocycles. The van der Waals surface area contributed by atoms with Crippen LogP contribution >= 0.6 is 22.9 Å². The molecule has 0 unspecified atom stereocenters. The summed E-state index contributed by atoms with van der Waals surface area (Å²) in [5.74, 6) is -0.211. The lowest BCUT2D eigenvalue weighted by atomic mass is 9.98. The molecule has 0 saturated carbocycles. The standard InChI is InChI=1S/C25H23ClN4O2S/c1-16-22(30-13-14-33-25(30)28-16)23(31)27-15-17-7-6-12-29(17)24(32)20-10-3-2-8-18(20)19-9-4-5-11-21(19)26/h2-5,8-11,13-14,17H,6-7,12,15H2,1H3,(H,27,31)/t17-/m0/s1. The van der Waals surface area contributed by atoms with Gasteiger partial charge in [-0.2, -0.15) is 0 Å². The van der Waals surface area contributed by atoms with Crippen molar-refractivity contribution >= 4 is 39.7 Å². The van der Waals surface area contributed by atoms with E-state index in [0.717, 1.165) is 28.9 Å². The number of likely N-dealkylation sites (tertiary alicyclic amines) is 1. The van der Waals surface area contributed by atoms with Crippen LogP contribution in [0.3, 0.4) is 0 Å². The Morgan fingerprint density at radius 2 is 1.91 bits per heavy atom. The smallest absolute Gasteiger partial charge is 0.270 e. The van der Waals surface area contributed by atoms with Gasteiger partial charge >= 0.3 is 0 Å². The monoisotopic (exact) mass is 478 g/mol. The second-order valence-electron chi connectivity index (χ2n) is 8.13. The minimum absolute atomic E-state index is 0.0389. The van der Waals surface area contributed by atoms with Crippen molar-refractivity contribution in [2.45, 2.75) is 25.8 Å². The number of nitrogens with zero attached hydrogens (tertiary/aromatic N) is 3. The Labute approximate surface area is 200 Å². The van der Waals surface area contributed by atoms with Gasteiger partial charge in [0, 0.05) is 46.9 Å². The second kappa shape index (κ2) is 9.00. The molecule has 0 spiro atoms. The lowest BCUT2D eigenvalue weighted by Crippen LogP contribution is -2.43. The highest BCUT2D eigenvalue weighted by Crippen LogP contribution is 2.32. The Morgan fingerprint density at radius 3 is 2.73 bits per heavy atom. The third-order valence-electron chi connectivity index (χ3n) is 6.11. The summed E-state index contributed by atoms with van der Waals surface area (Å²) in [6, 6.07) is 15.0. The van der Waals surface area contributed by atoms with Crippen molar-refractivity contribution in [3.63, 3.8) is 0 Å². The van der Waals surface area contributed by atoms with Crippen LogP contribution < -0.4 is 5.32 Å². The van der Waals surface area contributed by atoms with Crippen molar-refractivity contribution in [2.24, 2.45) is 0 Å². The number of nitrogens with one attached hydrogen (secondary N) is 1. The number of carbonyl (C=O) groups is 2. The predicted octanol–water partition coefficient (Wildman–Crippen LogP) is 5.06. The first kappa shape index (κ1) is 21.7. The van der Waals surface area contributed by atoms with Crippen molar-refractivity contribution < 1.29 is 9.59 Å². The number of thiazole rings is 1. The van der Waals surface area contributed by atoms with Crippen LogP contribution in [0.5, 0.6) is 0 Å². The van der Waals surface area contributed by atoms with Crippen LogP contribution in [0.4, 0.5) is 0 Å². The van der Waals surface area contributed by atoms with Gasteiger partial charge in [0.05, 0.1) is 5.69 Å². The van der Waals surface area contributed by atoms with E-state index < -0.39 is 0 Å². The molecular formula is C25H23ClN4O2S. The van der Waals surface area contributed by atoms with Crippen molar-refractivity contribution in [3.05, 3.63) is 82.1 Å². The maximum Gasteiger partial charge on any atom is 0.270 e. The van der Waals surface area contributed by atoms with Crippen LogP contribution in [-0.2, 0) is 0 Å². The summed E-state index contributed by atoms with van der Waals surface area (Å²) >= 11 is 7.92. The van der Waals surface area contributed by atoms with E-state index in [1.165, 1.54) is 11.3 Å². The van der Waals surface area contributed by atoms with E-state index in [2.05, 4.69) is 10.3 Å². The molecule has 1 fully saturated rings. The normalized spacial score (nSPS) is 15.8. The molecule has 3 heterocycles. The topological polar surface area (TPSA) is 66.7 Å². The van der Waals surface area contributed by atoms with Crippen molar-refractivity contribution in [3.8, 4) is 11.1 Å². The van der Waals surface area contributed by atoms with Crippen LogP contribution in [0.1, 0.15) is 39.4 Å². The number of hydrogen-bond donors (Lipinski definition) is 1. The number of aryl methyl sites for hydroxylation is 1. The molecule has 6 nitrogen and oxygen atoms in total. The average Bonchev–Trinajstić information content (AvgIpc) is 3.53. The second-order valence-corrected chi connectivity index (χ2v) is 9.41. The van der Waals surface area contributed by atoms with Crippen molar-refractivity contribution in [1.29, 1.82) is 0 Å². The fourth-order valence-electron chi connectivity index (χ4n) is 4.52. The molecule has 168 valence electrons. The summed E-state index contributed by atoms with van der Waals surface area (Å²) in [6.07, 6.45) is 3.60. The van der Waals surface area contributed by atoms with Gasteiger partial charge in [0.1, 0.15) is 5.69 Å². The molecular weight excluding hydrogens is 456 g/mol. The number of hydrogen-bond acceptors (Lipinski definition) is 4. The van der Waals surface area contributed by atoms with Crippen LogP contribution in [0.25, 0.3) is 16.1 Å². The Kier molecular flexibility index (Phi) is 5.91. The SMILES string of the molecule is Cc1nc2sccn2c1C(=O)NC[C@@H]1CCCN1C(=O)c1ccccc1-c1ccccc1Cl. The summed E-state index contributed by atoms with van der Waals surface area (Å²) in [5.41, 5.74) is 3.52. The summed E-state index contributed by atoms with van der Waals surface area (Å²) in [7, 11) is 0. The minimum Gasteiger partial charge on any atom is -0.349 e. The average molecular weight is 479 g/mol. The maximum absolute atomic E-state index is 13.6. The summed E-state index contributed by atoms with van der Waals surface area (Å²) in [4.78, 5) is 33.6. The molecule has 2 aromatic carbocycles. The Hall–Kier alpha value is -3.16. The fourth-order valence-corrected chi connectivity index (χ4v) is 5.51. The zero-order valence-electron chi connectivity index (χ0n) is 18.1. The van der Waals surface area contributed by atoms with Gasteiger partial charge in [-0.05, 0) is 37.5 Å². The third-order valence-corrected chi connectivity index (χ3v) is 7.20. The first-order valence-electron chi connectivity index (χ1n) is 10.9.